The van der Waals surface area contributed by atoms with E-state index in [2.05, 4.69) is 4.99 Å². The summed E-state index contributed by atoms with van der Waals surface area (Å²) in [5.74, 6) is 0.0862. The maximum atomic E-state index is 13.1. The van der Waals surface area contributed by atoms with Crippen molar-refractivity contribution in [3.63, 3.8) is 0 Å². The third-order valence-electron chi connectivity index (χ3n) is 4.41. The first kappa shape index (κ1) is 18.6. The fourth-order valence-electron chi connectivity index (χ4n) is 2.91. The van der Waals surface area contributed by atoms with Gasteiger partial charge in [-0.15, -0.1) is 0 Å². The number of nitrogens with zero attached hydrogens (tertiary/aromatic N) is 1. The molecule has 0 atom stereocenters. The van der Waals surface area contributed by atoms with Crippen molar-refractivity contribution in [1.29, 1.82) is 0 Å². The quantitative estimate of drug-likeness (QED) is 0.454. The molecule has 0 aromatic heterocycles. The molecular weight excluding hydrogens is 369 g/mol. The minimum absolute atomic E-state index is 0.209. The lowest BCUT2D eigenvalue weighted by Gasteiger charge is -2.10. The number of aliphatic imine (C=N–C) groups is 1. The van der Waals surface area contributed by atoms with Crippen molar-refractivity contribution in [3.8, 4) is 5.75 Å². The van der Waals surface area contributed by atoms with Gasteiger partial charge >= 0.3 is 5.97 Å². The molecule has 0 aliphatic carbocycles. The predicted octanol–water partition coefficient (Wildman–Crippen LogP) is 5.06. The zero-order chi connectivity index (χ0) is 20.2. The lowest BCUT2D eigenvalue weighted by molar-refractivity contribution is -0.129. The van der Waals surface area contributed by atoms with Crippen LogP contribution in [0.2, 0.25) is 0 Å². The van der Waals surface area contributed by atoms with Crippen LogP contribution in [0.15, 0.2) is 83.5 Å². The van der Waals surface area contributed by atoms with Crippen LogP contribution < -0.4 is 4.74 Å². The number of benzene rings is 3. The fraction of sp³-hybridized carbons (Fsp3) is 0.0833. The fourth-order valence-corrected chi connectivity index (χ4v) is 2.91. The molecule has 0 N–H and O–H groups in total. The topological polar surface area (TPSA) is 47.9 Å². The number of carbonyl (C=O) groups excluding carboxylic acids is 1. The molecular formula is C24H18FNO3. The normalized spacial score (nSPS) is 14.6. The summed E-state index contributed by atoms with van der Waals surface area (Å²) in [6, 6.07) is 21.1. The van der Waals surface area contributed by atoms with Crippen molar-refractivity contribution in [2.24, 2.45) is 4.99 Å². The van der Waals surface area contributed by atoms with Crippen LogP contribution in [0.1, 0.15) is 22.3 Å². The maximum Gasteiger partial charge on any atom is 0.363 e. The van der Waals surface area contributed by atoms with E-state index in [0.29, 0.717) is 5.75 Å². The zero-order valence-electron chi connectivity index (χ0n) is 15.8. The van der Waals surface area contributed by atoms with Gasteiger partial charge in [0.1, 0.15) is 18.2 Å². The molecule has 0 amide bonds. The summed E-state index contributed by atoms with van der Waals surface area (Å²) in [4.78, 5) is 16.6. The van der Waals surface area contributed by atoms with Crippen LogP contribution in [0.3, 0.4) is 0 Å². The number of ether oxygens (including phenoxy) is 2. The van der Waals surface area contributed by atoms with Gasteiger partial charge < -0.3 is 9.47 Å². The molecule has 29 heavy (non-hydrogen) atoms. The Balaban J connectivity index is 1.60. The number of aryl methyl sites for hydroxylation is 1. The molecule has 0 saturated heterocycles. The van der Waals surface area contributed by atoms with Gasteiger partial charge in [-0.05, 0) is 55.0 Å². The van der Waals surface area contributed by atoms with Crippen LogP contribution in [-0.2, 0) is 16.1 Å². The summed E-state index contributed by atoms with van der Waals surface area (Å²) in [5, 5.41) is 0. The molecule has 0 unspecified atom stereocenters. The number of carbonyl (C=O) groups is 1. The Bertz CT molecular complexity index is 1100. The third-order valence-corrected chi connectivity index (χ3v) is 4.41. The minimum Gasteiger partial charge on any atom is -0.488 e. The number of halogens is 1. The highest BCUT2D eigenvalue weighted by atomic mass is 19.1. The maximum absolute atomic E-state index is 13.1. The summed E-state index contributed by atoms with van der Waals surface area (Å²) in [6.45, 7) is 2.24. The second kappa shape index (κ2) is 8.10. The van der Waals surface area contributed by atoms with E-state index in [-0.39, 0.29) is 24.0 Å². The molecule has 1 aliphatic heterocycles. The lowest BCUT2D eigenvalue weighted by Crippen LogP contribution is -2.05. The van der Waals surface area contributed by atoms with Gasteiger partial charge in [0.15, 0.2) is 5.70 Å². The van der Waals surface area contributed by atoms with Crippen molar-refractivity contribution in [2.45, 2.75) is 13.5 Å². The summed E-state index contributed by atoms with van der Waals surface area (Å²) in [6.07, 6.45) is 1.66. The first-order valence-electron chi connectivity index (χ1n) is 9.14. The van der Waals surface area contributed by atoms with Crippen molar-refractivity contribution in [3.05, 3.63) is 107 Å². The Morgan fingerprint density at radius 3 is 2.55 bits per heavy atom. The molecule has 1 aliphatic rings. The Kier molecular flexibility index (Phi) is 5.20. The number of hydrogen-bond donors (Lipinski definition) is 0. The highest BCUT2D eigenvalue weighted by Gasteiger charge is 2.24. The van der Waals surface area contributed by atoms with Crippen molar-refractivity contribution in [1.82, 2.24) is 0 Å². The molecule has 1 heterocycles. The molecule has 4 rings (SSSR count). The Labute approximate surface area is 167 Å². The summed E-state index contributed by atoms with van der Waals surface area (Å²) in [5.41, 5.74) is 3.53. The third kappa shape index (κ3) is 4.41. The standard InChI is InChI=1S/C24H18FNO3/c1-16-7-12-22(28-15-17-8-10-20(25)11-9-17)19(13-16)14-21-24(27)29-23(26-21)18-5-3-2-4-6-18/h2-14H,15H2,1H3. The van der Waals surface area contributed by atoms with E-state index >= 15 is 0 Å². The summed E-state index contributed by atoms with van der Waals surface area (Å²) >= 11 is 0. The van der Waals surface area contributed by atoms with Gasteiger partial charge in [-0.1, -0.05) is 42.0 Å². The Morgan fingerprint density at radius 2 is 1.79 bits per heavy atom. The smallest absolute Gasteiger partial charge is 0.363 e. The second-order valence-electron chi connectivity index (χ2n) is 6.66. The van der Waals surface area contributed by atoms with Gasteiger partial charge in [-0.25, -0.2) is 14.2 Å². The van der Waals surface area contributed by atoms with Gasteiger partial charge in [0.2, 0.25) is 5.90 Å². The first-order chi connectivity index (χ1) is 14.1. The van der Waals surface area contributed by atoms with E-state index < -0.39 is 5.97 Å². The second-order valence-corrected chi connectivity index (χ2v) is 6.66. The van der Waals surface area contributed by atoms with Crippen LogP contribution >= 0.6 is 0 Å². The van der Waals surface area contributed by atoms with E-state index in [4.69, 9.17) is 9.47 Å². The lowest BCUT2D eigenvalue weighted by atomic mass is 10.1. The molecule has 0 fully saturated rings. The van der Waals surface area contributed by atoms with Gasteiger partial charge in [0, 0.05) is 11.1 Å². The Hall–Kier alpha value is -3.73. The number of hydrogen-bond acceptors (Lipinski definition) is 4. The van der Waals surface area contributed by atoms with E-state index in [1.807, 2.05) is 55.5 Å². The number of cyclic esters (lactones) is 1. The van der Waals surface area contributed by atoms with Gasteiger partial charge in [-0.2, -0.15) is 0 Å². The molecule has 0 spiro atoms. The van der Waals surface area contributed by atoms with E-state index in [9.17, 15) is 9.18 Å². The van der Waals surface area contributed by atoms with Gasteiger partial charge in [0.05, 0.1) is 0 Å². The van der Waals surface area contributed by atoms with Crippen LogP contribution in [-0.4, -0.2) is 11.9 Å². The highest BCUT2D eigenvalue weighted by Crippen LogP contribution is 2.26. The predicted molar refractivity (Wildman–Crippen MR) is 109 cm³/mol. The molecule has 5 heteroatoms. The van der Waals surface area contributed by atoms with Crippen LogP contribution in [0, 0.1) is 12.7 Å². The molecule has 0 saturated carbocycles. The minimum atomic E-state index is -0.505. The molecule has 0 bridgehead atoms. The van der Waals surface area contributed by atoms with E-state index in [1.54, 1.807) is 18.2 Å². The van der Waals surface area contributed by atoms with Crippen molar-refractivity contribution < 1.29 is 18.7 Å². The van der Waals surface area contributed by atoms with Gasteiger partial charge in [-0.3, -0.25) is 0 Å². The van der Waals surface area contributed by atoms with Crippen LogP contribution in [0.5, 0.6) is 5.75 Å². The molecule has 144 valence electrons. The van der Waals surface area contributed by atoms with Crippen LogP contribution in [0.4, 0.5) is 4.39 Å². The average Bonchev–Trinajstić information content (AvgIpc) is 3.10. The molecule has 0 radical (unpaired) electrons. The monoisotopic (exact) mass is 387 g/mol. The van der Waals surface area contributed by atoms with Crippen molar-refractivity contribution in [2.75, 3.05) is 0 Å². The zero-order valence-corrected chi connectivity index (χ0v) is 15.8. The number of esters is 1. The summed E-state index contributed by atoms with van der Waals surface area (Å²) < 4.78 is 24.3. The van der Waals surface area contributed by atoms with E-state index in [1.165, 1.54) is 12.1 Å². The SMILES string of the molecule is Cc1ccc(OCc2ccc(F)cc2)c(C=C2N=C(c3ccccc3)OC2=O)c1. The first-order valence-corrected chi connectivity index (χ1v) is 9.14. The van der Waals surface area contributed by atoms with Crippen molar-refractivity contribution >= 4 is 17.9 Å². The highest BCUT2D eigenvalue weighted by molar-refractivity contribution is 6.12. The molecule has 4 nitrogen and oxygen atoms in total. The average molecular weight is 387 g/mol. The Morgan fingerprint density at radius 1 is 1.03 bits per heavy atom. The summed E-state index contributed by atoms with van der Waals surface area (Å²) in [7, 11) is 0. The van der Waals surface area contributed by atoms with E-state index in [0.717, 1.165) is 22.3 Å². The molecule has 3 aromatic rings. The molecule has 3 aromatic carbocycles. The number of rotatable bonds is 5. The van der Waals surface area contributed by atoms with Crippen LogP contribution in [0.25, 0.3) is 6.08 Å². The largest absolute Gasteiger partial charge is 0.488 e. The van der Waals surface area contributed by atoms with Gasteiger partial charge in [0.25, 0.3) is 0 Å².